The molecule has 1 heterocycles. The Kier molecular flexibility index (Phi) is 9.00. The van der Waals surface area contributed by atoms with E-state index in [4.69, 9.17) is 11.6 Å². The number of hydrogen-bond donors (Lipinski definition) is 1. The first-order valence-electron chi connectivity index (χ1n) is 10.7. The summed E-state index contributed by atoms with van der Waals surface area (Å²) < 4.78 is 80.6. The number of halogens is 7. The van der Waals surface area contributed by atoms with Crippen LogP contribution in [0.15, 0.2) is 53.3 Å². The van der Waals surface area contributed by atoms with Gasteiger partial charge in [-0.1, -0.05) is 29.8 Å². The second-order valence-corrected chi connectivity index (χ2v) is 9.30. The molecule has 0 bridgehead atoms. The fourth-order valence-electron chi connectivity index (χ4n) is 3.61. The normalized spacial score (nSPS) is 13.0. The van der Waals surface area contributed by atoms with Crippen LogP contribution in [0.2, 0.25) is 5.02 Å². The molecule has 1 amide bonds. The minimum Gasteiger partial charge on any atom is -0.347 e. The maximum absolute atomic E-state index is 13.5. The molecule has 200 valence electrons. The Hall–Kier alpha value is -2.93. The predicted molar refractivity (Wildman–Crippen MR) is 128 cm³/mol. The largest absolute Gasteiger partial charge is 0.416 e. The third kappa shape index (κ3) is 7.54. The molecule has 2 aromatic carbocycles. The molecular weight excluding hydrogens is 546 g/mol. The Morgan fingerprint density at radius 1 is 1.08 bits per heavy atom. The zero-order valence-corrected chi connectivity index (χ0v) is 20.8. The molecule has 37 heavy (non-hydrogen) atoms. The van der Waals surface area contributed by atoms with Crippen LogP contribution in [0.1, 0.15) is 23.6 Å². The van der Waals surface area contributed by atoms with Gasteiger partial charge in [0.05, 0.1) is 18.0 Å². The molecule has 0 spiro atoms. The molecule has 6 nitrogen and oxygen atoms in total. The summed E-state index contributed by atoms with van der Waals surface area (Å²) in [6.07, 6.45) is -8.86. The molecule has 0 radical (unpaired) electrons. The Labute approximate surface area is 216 Å². The predicted octanol–water partition coefficient (Wildman–Crippen LogP) is 5.56. The van der Waals surface area contributed by atoms with Crippen LogP contribution in [0.3, 0.4) is 0 Å². The van der Waals surface area contributed by atoms with E-state index < -0.39 is 55.1 Å². The van der Waals surface area contributed by atoms with E-state index in [0.717, 1.165) is 10.6 Å². The Morgan fingerprint density at radius 2 is 1.73 bits per heavy atom. The van der Waals surface area contributed by atoms with E-state index in [9.17, 15) is 35.9 Å². The van der Waals surface area contributed by atoms with Gasteiger partial charge in [0, 0.05) is 22.9 Å². The van der Waals surface area contributed by atoms with Crippen LogP contribution in [-0.2, 0) is 24.1 Å². The van der Waals surface area contributed by atoms with Crippen molar-refractivity contribution >= 4 is 29.3 Å². The Bertz CT molecular complexity index is 1290. The lowest BCUT2D eigenvalue weighted by atomic mass is 10.0. The van der Waals surface area contributed by atoms with Gasteiger partial charge >= 0.3 is 18.0 Å². The highest BCUT2D eigenvalue weighted by molar-refractivity contribution is 7.98. The maximum Gasteiger partial charge on any atom is 0.416 e. The number of aromatic nitrogens is 3. The van der Waals surface area contributed by atoms with Gasteiger partial charge in [-0.15, -0.1) is 5.10 Å². The summed E-state index contributed by atoms with van der Waals surface area (Å²) in [6, 6.07) is 9.60. The summed E-state index contributed by atoms with van der Waals surface area (Å²) in [5, 5.41) is 6.88. The van der Waals surface area contributed by atoms with Crippen LogP contribution in [0.5, 0.6) is 0 Å². The van der Waals surface area contributed by atoms with Crippen LogP contribution >= 0.6 is 23.4 Å². The number of amides is 1. The summed E-state index contributed by atoms with van der Waals surface area (Å²) in [4.78, 5) is 25.7. The van der Waals surface area contributed by atoms with E-state index in [1.165, 1.54) is 54.2 Å². The summed E-state index contributed by atoms with van der Waals surface area (Å²) in [6.45, 7) is -1.45. The fraction of sp³-hybridized carbons (Fsp3) is 0.348. The smallest absolute Gasteiger partial charge is 0.347 e. The van der Waals surface area contributed by atoms with Gasteiger partial charge in [0.15, 0.2) is 5.82 Å². The molecule has 1 aromatic heterocycles. The number of thioether (sulfide) groups is 1. The van der Waals surface area contributed by atoms with Crippen LogP contribution in [0.25, 0.3) is 11.4 Å². The molecule has 0 aliphatic rings. The van der Waals surface area contributed by atoms with Crippen LogP contribution in [0.4, 0.5) is 26.3 Å². The third-order valence-electron chi connectivity index (χ3n) is 5.25. The van der Waals surface area contributed by atoms with Gasteiger partial charge in [-0.05, 0) is 42.2 Å². The first kappa shape index (κ1) is 28.6. The van der Waals surface area contributed by atoms with E-state index >= 15 is 0 Å². The topological polar surface area (TPSA) is 68.9 Å². The van der Waals surface area contributed by atoms with Crippen molar-refractivity contribution in [3.63, 3.8) is 0 Å². The lowest BCUT2D eigenvalue weighted by molar-refractivity contribution is -0.139. The molecule has 3 rings (SSSR count). The van der Waals surface area contributed by atoms with E-state index in [1.807, 2.05) is 0 Å². The highest BCUT2D eigenvalue weighted by Gasteiger charge is 2.35. The van der Waals surface area contributed by atoms with E-state index in [2.05, 4.69) is 10.4 Å². The molecule has 1 unspecified atom stereocenters. The zero-order chi connectivity index (χ0) is 27.4. The number of benzene rings is 2. The highest BCUT2D eigenvalue weighted by Crippen LogP contribution is 2.35. The Morgan fingerprint density at radius 3 is 2.32 bits per heavy atom. The number of nitrogens with one attached hydrogen (secondary N) is 1. The van der Waals surface area contributed by atoms with Crippen molar-refractivity contribution in [2.45, 2.75) is 37.9 Å². The van der Waals surface area contributed by atoms with Crippen molar-refractivity contribution in [3.8, 4) is 11.4 Å². The monoisotopic (exact) mass is 566 g/mol. The second-order valence-electron chi connectivity index (χ2n) is 7.95. The Balaban J connectivity index is 1.91. The molecule has 0 aliphatic carbocycles. The van der Waals surface area contributed by atoms with E-state index in [-0.39, 0.29) is 17.1 Å². The number of carbonyl (C=O) groups is 1. The molecule has 0 aliphatic heterocycles. The average Bonchev–Trinajstić information content (AvgIpc) is 3.11. The molecule has 0 saturated heterocycles. The standard InChI is InChI=1S/C23H21ClF6N4O2S/c1-37-13-18(16-4-2-3-5-17(16)23(28,29)30)31-19(35)12-34-21(36)33(11-10-22(25,26)27)20(32-34)14-6-8-15(24)9-7-14/h2-9,18H,10-13H2,1H3,(H,31,35). The molecule has 3 aromatic rings. The van der Waals surface area contributed by atoms with Gasteiger partial charge in [0.25, 0.3) is 0 Å². The first-order chi connectivity index (χ1) is 17.3. The third-order valence-corrected chi connectivity index (χ3v) is 6.17. The fourth-order valence-corrected chi connectivity index (χ4v) is 4.33. The summed E-state index contributed by atoms with van der Waals surface area (Å²) in [5.41, 5.74) is -1.74. The number of nitrogens with zero attached hydrogens (tertiary/aromatic N) is 3. The quantitative estimate of drug-likeness (QED) is 0.345. The second kappa shape index (κ2) is 11.6. The van der Waals surface area contributed by atoms with Gasteiger partial charge in [0.1, 0.15) is 6.54 Å². The van der Waals surface area contributed by atoms with Gasteiger partial charge in [0.2, 0.25) is 5.91 Å². The molecule has 0 fully saturated rings. The molecule has 14 heteroatoms. The van der Waals surface area contributed by atoms with Gasteiger partial charge in [-0.3, -0.25) is 9.36 Å². The van der Waals surface area contributed by atoms with Crippen molar-refractivity contribution in [2.75, 3.05) is 12.0 Å². The average molecular weight is 567 g/mol. The lowest BCUT2D eigenvalue weighted by Gasteiger charge is -2.22. The molecule has 1 atom stereocenters. The molecular formula is C23H21ClF6N4O2S. The van der Waals surface area contributed by atoms with Gasteiger partial charge in [-0.2, -0.15) is 38.1 Å². The minimum atomic E-state index is -4.65. The summed E-state index contributed by atoms with van der Waals surface area (Å²) >= 11 is 7.06. The molecule has 0 saturated carbocycles. The van der Waals surface area contributed by atoms with Crippen molar-refractivity contribution in [1.82, 2.24) is 19.7 Å². The van der Waals surface area contributed by atoms with Crippen molar-refractivity contribution in [2.24, 2.45) is 0 Å². The van der Waals surface area contributed by atoms with E-state index in [0.29, 0.717) is 15.3 Å². The van der Waals surface area contributed by atoms with Crippen molar-refractivity contribution < 1.29 is 31.1 Å². The maximum atomic E-state index is 13.5. The number of alkyl halides is 6. The van der Waals surface area contributed by atoms with Crippen molar-refractivity contribution in [3.05, 3.63) is 75.2 Å². The number of hydrogen-bond acceptors (Lipinski definition) is 4. The summed E-state index contributed by atoms with van der Waals surface area (Å²) in [7, 11) is 0. The van der Waals surface area contributed by atoms with Crippen LogP contribution in [0, 0.1) is 0 Å². The first-order valence-corrected chi connectivity index (χ1v) is 12.5. The van der Waals surface area contributed by atoms with Crippen molar-refractivity contribution in [1.29, 1.82) is 0 Å². The van der Waals surface area contributed by atoms with Crippen LogP contribution < -0.4 is 11.0 Å². The number of carbonyl (C=O) groups excluding carboxylic acids is 1. The van der Waals surface area contributed by atoms with E-state index in [1.54, 1.807) is 6.26 Å². The molecule has 1 N–H and O–H groups in total. The zero-order valence-electron chi connectivity index (χ0n) is 19.2. The van der Waals surface area contributed by atoms with Gasteiger partial charge < -0.3 is 5.32 Å². The SMILES string of the molecule is CSCC(NC(=O)Cn1nc(-c2ccc(Cl)cc2)n(CCC(F)(F)F)c1=O)c1ccccc1C(F)(F)F. The summed E-state index contributed by atoms with van der Waals surface area (Å²) in [5.74, 6) is -0.841. The van der Waals surface area contributed by atoms with Gasteiger partial charge in [-0.25, -0.2) is 9.48 Å². The number of rotatable bonds is 9. The minimum absolute atomic E-state index is 0.101. The highest BCUT2D eigenvalue weighted by atomic mass is 35.5. The van der Waals surface area contributed by atoms with Crippen LogP contribution in [-0.4, -0.2) is 38.4 Å². The lowest BCUT2D eigenvalue weighted by Crippen LogP contribution is -2.37.